The Labute approximate surface area is 166 Å². The Morgan fingerprint density at radius 3 is 2.50 bits per heavy atom. The largest absolute Gasteiger partial charge is 0.332 e. The molecule has 0 bridgehead atoms. The normalized spacial score (nSPS) is 12.9. The number of amides is 1. The molecule has 0 unspecified atom stereocenters. The molecule has 28 heavy (non-hydrogen) atoms. The zero-order valence-corrected chi connectivity index (χ0v) is 16.4. The van der Waals surface area contributed by atoms with Gasteiger partial charge in [0.2, 0.25) is 0 Å². The molecule has 1 aliphatic heterocycles. The topological polar surface area (TPSA) is 36.4 Å². The third-order valence-electron chi connectivity index (χ3n) is 5.24. The van der Waals surface area contributed by atoms with Crippen molar-refractivity contribution in [2.45, 2.75) is 32.9 Å². The summed E-state index contributed by atoms with van der Waals surface area (Å²) in [6.45, 7) is 5.61. The van der Waals surface area contributed by atoms with Crippen molar-refractivity contribution < 1.29 is 4.79 Å². The summed E-state index contributed by atoms with van der Waals surface area (Å²) < 4.78 is 0. The summed E-state index contributed by atoms with van der Waals surface area (Å²) in [5, 5.41) is 0. The fourth-order valence-corrected chi connectivity index (χ4v) is 3.68. The van der Waals surface area contributed by atoms with Crippen LogP contribution in [0.15, 0.2) is 72.9 Å². The molecule has 1 aromatic heterocycles. The zero-order chi connectivity index (χ0) is 19.5. The maximum Gasteiger partial charge on any atom is 0.255 e. The average Bonchev–Trinajstić information content (AvgIpc) is 3.16. The van der Waals surface area contributed by atoms with Crippen LogP contribution in [0.2, 0.25) is 0 Å². The number of carbonyl (C=O) groups is 1. The minimum Gasteiger partial charge on any atom is -0.332 e. The Bertz CT molecular complexity index is 951. The third kappa shape index (κ3) is 3.63. The number of rotatable bonds is 5. The maximum atomic E-state index is 13.1. The first-order valence-corrected chi connectivity index (χ1v) is 9.80. The molecule has 0 saturated heterocycles. The van der Waals surface area contributed by atoms with Crippen LogP contribution in [0.1, 0.15) is 35.3 Å². The number of fused-ring (bicyclic) bond motifs is 1. The molecule has 1 aliphatic rings. The number of carbonyl (C=O) groups excluding carboxylic acids is 1. The highest BCUT2D eigenvalue weighted by atomic mass is 16.2. The molecule has 0 atom stereocenters. The molecule has 2 heterocycles. The molecule has 0 spiro atoms. The molecule has 2 aromatic carbocycles. The van der Waals surface area contributed by atoms with Gasteiger partial charge in [-0.2, -0.15) is 0 Å². The van der Waals surface area contributed by atoms with Gasteiger partial charge in [0.25, 0.3) is 5.91 Å². The van der Waals surface area contributed by atoms with Crippen molar-refractivity contribution >= 4 is 17.4 Å². The Morgan fingerprint density at radius 2 is 1.79 bits per heavy atom. The quantitative estimate of drug-likeness (QED) is 0.645. The summed E-state index contributed by atoms with van der Waals surface area (Å²) >= 11 is 0. The molecule has 1 amide bonds. The minimum absolute atomic E-state index is 0.0136. The van der Waals surface area contributed by atoms with Crippen molar-refractivity contribution in [2.75, 3.05) is 11.4 Å². The standard InChI is InChI=1S/C24H25N3O/c1-18(2)27(17-19-8-4-3-5-9-19)24(28)21-12-13-23(25-16-21)26-15-14-20-10-6-7-11-22(20)26/h3-13,16,18H,14-15,17H2,1-2H3. The molecular formula is C24H25N3O. The third-order valence-corrected chi connectivity index (χ3v) is 5.24. The number of nitrogens with zero attached hydrogens (tertiary/aromatic N) is 3. The lowest BCUT2D eigenvalue weighted by molar-refractivity contribution is 0.0690. The summed E-state index contributed by atoms with van der Waals surface area (Å²) in [5.74, 6) is 0.903. The van der Waals surface area contributed by atoms with Crippen LogP contribution in [0.4, 0.5) is 11.5 Å². The monoisotopic (exact) mass is 371 g/mol. The van der Waals surface area contributed by atoms with Gasteiger partial charge in [0.1, 0.15) is 5.82 Å². The lowest BCUT2D eigenvalue weighted by Crippen LogP contribution is -2.36. The van der Waals surface area contributed by atoms with E-state index in [2.05, 4.69) is 46.3 Å². The highest BCUT2D eigenvalue weighted by molar-refractivity contribution is 5.94. The van der Waals surface area contributed by atoms with Crippen LogP contribution >= 0.6 is 0 Å². The van der Waals surface area contributed by atoms with Crippen molar-refractivity contribution in [1.82, 2.24) is 9.88 Å². The van der Waals surface area contributed by atoms with Crippen LogP contribution in [0, 0.1) is 0 Å². The molecule has 3 aromatic rings. The van der Waals surface area contributed by atoms with Gasteiger partial charge < -0.3 is 9.80 Å². The van der Waals surface area contributed by atoms with Gasteiger partial charge in [0.05, 0.1) is 5.56 Å². The van der Waals surface area contributed by atoms with E-state index in [4.69, 9.17) is 0 Å². The van der Waals surface area contributed by atoms with Gasteiger partial charge in [-0.3, -0.25) is 4.79 Å². The van der Waals surface area contributed by atoms with Gasteiger partial charge in [-0.25, -0.2) is 4.98 Å². The summed E-state index contributed by atoms with van der Waals surface area (Å²) in [4.78, 5) is 21.8. The van der Waals surface area contributed by atoms with E-state index in [1.54, 1.807) is 6.20 Å². The van der Waals surface area contributed by atoms with Crippen LogP contribution in [-0.4, -0.2) is 28.4 Å². The van der Waals surface area contributed by atoms with E-state index < -0.39 is 0 Å². The predicted octanol–water partition coefficient (Wildman–Crippen LogP) is 4.83. The van der Waals surface area contributed by atoms with Crippen LogP contribution < -0.4 is 4.90 Å². The highest BCUT2D eigenvalue weighted by Gasteiger charge is 2.23. The van der Waals surface area contributed by atoms with Crippen molar-refractivity contribution in [2.24, 2.45) is 0 Å². The second-order valence-electron chi connectivity index (χ2n) is 7.45. The van der Waals surface area contributed by atoms with E-state index in [9.17, 15) is 4.79 Å². The van der Waals surface area contributed by atoms with Crippen molar-refractivity contribution in [3.05, 3.63) is 89.6 Å². The second kappa shape index (κ2) is 7.85. The van der Waals surface area contributed by atoms with E-state index >= 15 is 0 Å². The number of para-hydroxylation sites is 1. The van der Waals surface area contributed by atoms with E-state index in [0.717, 1.165) is 24.3 Å². The second-order valence-corrected chi connectivity index (χ2v) is 7.45. The molecule has 0 aliphatic carbocycles. The molecule has 0 saturated carbocycles. The van der Waals surface area contributed by atoms with Crippen molar-refractivity contribution in [1.29, 1.82) is 0 Å². The molecular weight excluding hydrogens is 346 g/mol. The van der Waals surface area contributed by atoms with Gasteiger partial charge in [-0.05, 0) is 49.6 Å². The SMILES string of the molecule is CC(C)N(Cc1ccccc1)C(=O)c1ccc(N2CCc3ccccc32)nc1. The van der Waals surface area contributed by atoms with Crippen molar-refractivity contribution in [3.8, 4) is 0 Å². The predicted molar refractivity (Wildman–Crippen MR) is 113 cm³/mol. The van der Waals surface area contributed by atoms with Crippen LogP contribution in [-0.2, 0) is 13.0 Å². The van der Waals surface area contributed by atoms with E-state index in [-0.39, 0.29) is 11.9 Å². The number of hydrogen-bond donors (Lipinski definition) is 0. The average molecular weight is 371 g/mol. The lowest BCUT2D eigenvalue weighted by atomic mass is 10.1. The molecule has 0 fully saturated rings. The number of anilines is 2. The maximum absolute atomic E-state index is 13.1. The number of benzene rings is 2. The van der Waals surface area contributed by atoms with Gasteiger partial charge in [0.15, 0.2) is 0 Å². The van der Waals surface area contributed by atoms with Crippen LogP contribution in [0.3, 0.4) is 0 Å². The van der Waals surface area contributed by atoms with E-state index in [0.29, 0.717) is 12.1 Å². The Kier molecular flexibility index (Phi) is 5.11. The first-order valence-electron chi connectivity index (χ1n) is 9.80. The Hall–Kier alpha value is -3.14. The zero-order valence-electron chi connectivity index (χ0n) is 16.4. The van der Waals surface area contributed by atoms with Gasteiger partial charge in [-0.15, -0.1) is 0 Å². The van der Waals surface area contributed by atoms with Gasteiger partial charge in [-0.1, -0.05) is 48.5 Å². The van der Waals surface area contributed by atoms with Gasteiger partial charge >= 0.3 is 0 Å². The molecule has 0 N–H and O–H groups in total. The number of aromatic nitrogens is 1. The molecule has 4 heteroatoms. The minimum atomic E-state index is 0.0136. The van der Waals surface area contributed by atoms with Gasteiger partial charge in [0, 0.05) is 31.0 Å². The summed E-state index contributed by atoms with van der Waals surface area (Å²) in [6, 6.07) is 22.5. The summed E-state index contributed by atoms with van der Waals surface area (Å²) in [6.07, 6.45) is 2.73. The first kappa shape index (κ1) is 18.2. The molecule has 0 radical (unpaired) electrons. The Morgan fingerprint density at radius 1 is 1.04 bits per heavy atom. The summed E-state index contributed by atoms with van der Waals surface area (Å²) in [5.41, 5.74) is 4.31. The van der Waals surface area contributed by atoms with Crippen LogP contribution in [0.5, 0.6) is 0 Å². The number of pyridine rings is 1. The van der Waals surface area contributed by atoms with E-state index in [1.165, 1.54) is 11.3 Å². The first-order chi connectivity index (χ1) is 13.6. The smallest absolute Gasteiger partial charge is 0.255 e. The van der Waals surface area contributed by atoms with Crippen LogP contribution in [0.25, 0.3) is 0 Å². The molecule has 142 valence electrons. The molecule has 4 rings (SSSR count). The molecule has 4 nitrogen and oxygen atoms in total. The number of hydrogen-bond acceptors (Lipinski definition) is 3. The fraction of sp³-hybridized carbons (Fsp3) is 0.250. The highest BCUT2D eigenvalue weighted by Crippen LogP contribution is 2.33. The fourth-order valence-electron chi connectivity index (χ4n) is 3.68. The Balaban J connectivity index is 1.53. The summed E-state index contributed by atoms with van der Waals surface area (Å²) in [7, 11) is 0. The lowest BCUT2D eigenvalue weighted by Gasteiger charge is -2.27. The van der Waals surface area contributed by atoms with E-state index in [1.807, 2.05) is 49.1 Å². The van der Waals surface area contributed by atoms with Crippen molar-refractivity contribution in [3.63, 3.8) is 0 Å².